The number of nitrogens with one attached hydrogen (secondary N) is 1. The highest BCUT2D eigenvalue weighted by Gasteiger charge is 2.40. The smallest absolute Gasteiger partial charge is 0.223 e. The average molecular weight is 354 g/mol. The van der Waals surface area contributed by atoms with Crippen LogP contribution in [0.1, 0.15) is 54.5 Å². The van der Waals surface area contributed by atoms with Gasteiger partial charge in [-0.1, -0.05) is 29.8 Å². The second kappa shape index (κ2) is 7.19. The summed E-state index contributed by atoms with van der Waals surface area (Å²) in [6.45, 7) is 5.15. The molecule has 1 saturated carbocycles. The molecule has 26 heavy (non-hydrogen) atoms. The van der Waals surface area contributed by atoms with E-state index in [1.807, 2.05) is 17.9 Å². The van der Waals surface area contributed by atoms with Crippen molar-refractivity contribution in [2.45, 2.75) is 58.3 Å². The normalized spacial score (nSPS) is 22.8. The molecule has 0 unspecified atom stereocenters. The maximum atomic E-state index is 12.8. The molecule has 1 aromatic carbocycles. The molecular formula is C20H26N4O2. The van der Waals surface area contributed by atoms with Crippen molar-refractivity contribution in [1.29, 1.82) is 0 Å². The summed E-state index contributed by atoms with van der Waals surface area (Å²) in [5.74, 6) is 2.26. The van der Waals surface area contributed by atoms with Crippen LogP contribution in [0.2, 0.25) is 0 Å². The molecular weight excluding hydrogens is 328 g/mol. The summed E-state index contributed by atoms with van der Waals surface area (Å²) in [5, 5.41) is 7.20. The van der Waals surface area contributed by atoms with Crippen LogP contribution in [-0.2, 0) is 16.1 Å². The fraction of sp³-hybridized carbons (Fsp3) is 0.550. The number of hydrogen-bond acceptors (Lipinski definition) is 4. The second-order valence-electron chi connectivity index (χ2n) is 7.65. The van der Waals surface area contributed by atoms with Crippen molar-refractivity contribution in [3.05, 3.63) is 47.0 Å². The lowest BCUT2D eigenvalue weighted by molar-refractivity contribution is -0.133. The SMILES string of the molecule is Cc1cccc(CO[C@H]2C[C@@H](c3n[nH]c(C)n3)N(C(=O)CC3CC3)C2)c1. The van der Waals surface area contributed by atoms with E-state index in [4.69, 9.17) is 4.74 Å². The topological polar surface area (TPSA) is 71.1 Å². The molecule has 6 heteroatoms. The molecule has 0 spiro atoms. The summed E-state index contributed by atoms with van der Waals surface area (Å²) >= 11 is 0. The van der Waals surface area contributed by atoms with Crippen LogP contribution in [0.15, 0.2) is 24.3 Å². The van der Waals surface area contributed by atoms with Crippen LogP contribution in [0, 0.1) is 19.8 Å². The third-order valence-electron chi connectivity index (χ3n) is 5.22. The van der Waals surface area contributed by atoms with E-state index in [0.29, 0.717) is 31.3 Å². The van der Waals surface area contributed by atoms with Gasteiger partial charge in [0.25, 0.3) is 0 Å². The number of nitrogens with zero attached hydrogens (tertiary/aromatic N) is 3. The summed E-state index contributed by atoms with van der Waals surface area (Å²) in [5.41, 5.74) is 2.39. The van der Waals surface area contributed by atoms with E-state index in [9.17, 15) is 4.79 Å². The molecule has 2 aliphatic rings. The van der Waals surface area contributed by atoms with Crippen molar-refractivity contribution >= 4 is 5.91 Å². The molecule has 2 fully saturated rings. The van der Waals surface area contributed by atoms with Crippen molar-refractivity contribution in [3.8, 4) is 0 Å². The van der Waals surface area contributed by atoms with Gasteiger partial charge >= 0.3 is 0 Å². The largest absolute Gasteiger partial charge is 0.372 e. The van der Waals surface area contributed by atoms with Crippen LogP contribution >= 0.6 is 0 Å². The molecule has 2 aromatic rings. The maximum absolute atomic E-state index is 12.8. The van der Waals surface area contributed by atoms with E-state index in [1.165, 1.54) is 18.4 Å². The molecule has 1 N–H and O–H groups in total. The minimum atomic E-state index is -0.0892. The van der Waals surface area contributed by atoms with E-state index >= 15 is 0 Å². The first kappa shape index (κ1) is 17.2. The van der Waals surface area contributed by atoms with Gasteiger partial charge in [0.2, 0.25) is 5.91 Å². The van der Waals surface area contributed by atoms with Gasteiger partial charge in [-0.05, 0) is 38.2 Å². The zero-order valence-corrected chi connectivity index (χ0v) is 15.4. The van der Waals surface area contributed by atoms with E-state index in [-0.39, 0.29) is 18.1 Å². The van der Waals surface area contributed by atoms with Crippen molar-refractivity contribution in [3.63, 3.8) is 0 Å². The highest BCUT2D eigenvalue weighted by atomic mass is 16.5. The molecule has 2 heterocycles. The van der Waals surface area contributed by atoms with Gasteiger partial charge in [0, 0.05) is 19.4 Å². The highest BCUT2D eigenvalue weighted by Crippen LogP contribution is 2.37. The number of hydrogen-bond donors (Lipinski definition) is 1. The molecule has 2 atom stereocenters. The van der Waals surface area contributed by atoms with Gasteiger partial charge in [-0.25, -0.2) is 4.98 Å². The Kier molecular flexibility index (Phi) is 4.76. The van der Waals surface area contributed by atoms with Crippen molar-refractivity contribution in [1.82, 2.24) is 20.1 Å². The van der Waals surface area contributed by atoms with Gasteiger partial charge in [-0.15, -0.1) is 0 Å². The number of carbonyl (C=O) groups excluding carboxylic acids is 1. The Hall–Kier alpha value is -2.21. The molecule has 1 aromatic heterocycles. The van der Waals surface area contributed by atoms with Gasteiger partial charge in [-0.2, -0.15) is 5.10 Å². The summed E-state index contributed by atoms with van der Waals surface area (Å²) in [6, 6.07) is 8.26. The average Bonchev–Trinajstić information content (AvgIpc) is 3.16. The van der Waals surface area contributed by atoms with E-state index in [0.717, 1.165) is 17.8 Å². The number of amides is 1. The van der Waals surface area contributed by atoms with Crippen LogP contribution < -0.4 is 0 Å². The zero-order valence-electron chi connectivity index (χ0n) is 15.4. The fourth-order valence-electron chi connectivity index (χ4n) is 3.65. The van der Waals surface area contributed by atoms with E-state index in [1.54, 1.807) is 0 Å². The Morgan fingerprint density at radius 3 is 2.88 bits per heavy atom. The number of carbonyl (C=O) groups is 1. The molecule has 0 radical (unpaired) electrons. The quantitative estimate of drug-likeness (QED) is 0.865. The lowest BCUT2D eigenvalue weighted by Gasteiger charge is -2.22. The number of aromatic nitrogens is 3. The summed E-state index contributed by atoms with van der Waals surface area (Å²) in [4.78, 5) is 19.2. The zero-order chi connectivity index (χ0) is 18.1. The minimum Gasteiger partial charge on any atom is -0.372 e. The number of benzene rings is 1. The van der Waals surface area contributed by atoms with Crippen LogP contribution in [0.5, 0.6) is 0 Å². The van der Waals surface area contributed by atoms with E-state index < -0.39 is 0 Å². The highest BCUT2D eigenvalue weighted by molar-refractivity contribution is 5.77. The van der Waals surface area contributed by atoms with Gasteiger partial charge < -0.3 is 9.64 Å². The number of likely N-dealkylation sites (tertiary alicyclic amines) is 1. The summed E-state index contributed by atoms with van der Waals surface area (Å²) in [6.07, 6.45) is 3.76. The van der Waals surface area contributed by atoms with Gasteiger partial charge in [0.1, 0.15) is 5.82 Å². The Balaban J connectivity index is 1.44. The standard InChI is InChI=1S/C20H26N4O2/c1-13-4-3-5-16(8-13)12-26-17-10-18(20-21-14(2)22-23-20)24(11-17)19(25)9-15-6-7-15/h3-5,8,15,17-18H,6-7,9-12H2,1-2H3,(H,21,22,23)/t17-,18-/m0/s1. The lowest BCUT2D eigenvalue weighted by Crippen LogP contribution is -2.32. The lowest BCUT2D eigenvalue weighted by atomic mass is 10.1. The minimum absolute atomic E-state index is 0.0162. The van der Waals surface area contributed by atoms with Crippen LogP contribution in [0.3, 0.4) is 0 Å². The Morgan fingerprint density at radius 1 is 1.35 bits per heavy atom. The predicted octanol–water partition coefficient (Wildman–Crippen LogP) is 3.08. The number of aryl methyl sites for hydroxylation is 2. The first-order valence-electron chi connectivity index (χ1n) is 9.44. The van der Waals surface area contributed by atoms with Crippen LogP contribution in [0.25, 0.3) is 0 Å². The number of rotatable bonds is 6. The molecule has 138 valence electrons. The predicted molar refractivity (Wildman–Crippen MR) is 97.3 cm³/mol. The molecule has 1 saturated heterocycles. The van der Waals surface area contributed by atoms with Crippen molar-refractivity contribution in [2.24, 2.45) is 5.92 Å². The first-order valence-corrected chi connectivity index (χ1v) is 9.44. The number of ether oxygens (including phenoxy) is 1. The van der Waals surface area contributed by atoms with Gasteiger partial charge in [0.15, 0.2) is 5.82 Å². The number of H-pyrrole nitrogens is 1. The molecule has 1 aliphatic carbocycles. The Labute approximate surface area is 154 Å². The summed E-state index contributed by atoms with van der Waals surface area (Å²) in [7, 11) is 0. The molecule has 0 bridgehead atoms. The monoisotopic (exact) mass is 354 g/mol. The Bertz CT molecular complexity index is 784. The van der Waals surface area contributed by atoms with Gasteiger partial charge in [0.05, 0.1) is 18.8 Å². The van der Waals surface area contributed by atoms with Gasteiger partial charge in [-0.3, -0.25) is 9.89 Å². The van der Waals surface area contributed by atoms with E-state index in [2.05, 4.69) is 40.3 Å². The molecule has 1 aliphatic heterocycles. The maximum Gasteiger partial charge on any atom is 0.223 e. The molecule has 6 nitrogen and oxygen atoms in total. The third kappa shape index (κ3) is 3.96. The van der Waals surface area contributed by atoms with Crippen molar-refractivity contribution in [2.75, 3.05) is 6.54 Å². The van der Waals surface area contributed by atoms with Crippen LogP contribution in [0.4, 0.5) is 0 Å². The first-order chi connectivity index (χ1) is 12.6. The molecule has 4 rings (SSSR count). The number of aromatic amines is 1. The van der Waals surface area contributed by atoms with Crippen molar-refractivity contribution < 1.29 is 9.53 Å². The van der Waals surface area contributed by atoms with Crippen LogP contribution in [-0.4, -0.2) is 38.6 Å². The Morgan fingerprint density at radius 2 is 2.19 bits per heavy atom. The second-order valence-corrected chi connectivity index (χ2v) is 7.65. The fourth-order valence-corrected chi connectivity index (χ4v) is 3.65. The summed E-state index contributed by atoms with van der Waals surface area (Å²) < 4.78 is 6.14. The third-order valence-corrected chi connectivity index (χ3v) is 5.22. The molecule has 1 amide bonds.